The van der Waals surface area contributed by atoms with Crippen molar-refractivity contribution in [3.8, 4) is 5.75 Å². The third-order valence-corrected chi connectivity index (χ3v) is 5.54. The van der Waals surface area contributed by atoms with Gasteiger partial charge >= 0.3 is 0 Å². The van der Waals surface area contributed by atoms with Crippen molar-refractivity contribution in [2.45, 2.75) is 39.0 Å². The lowest BCUT2D eigenvalue weighted by Gasteiger charge is -2.13. The van der Waals surface area contributed by atoms with Crippen LogP contribution in [0.3, 0.4) is 0 Å². The average Bonchev–Trinajstić information content (AvgIpc) is 2.65. The van der Waals surface area contributed by atoms with Crippen molar-refractivity contribution in [1.29, 1.82) is 0 Å². The molecular weight excluding hydrogens is 376 g/mol. The van der Waals surface area contributed by atoms with Gasteiger partial charge in [-0.05, 0) is 69.2 Å². The molecule has 0 spiro atoms. The Labute approximate surface area is 166 Å². The van der Waals surface area contributed by atoms with E-state index in [4.69, 9.17) is 4.74 Å². The Bertz CT molecular complexity index is 964. The smallest absolute Gasteiger partial charge is 0.262 e. The largest absolute Gasteiger partial charge is 0.494 e. The number of ether oxygens (including phenoxy) is 1. The molecule has 0 aliphatic rings. The maximum absolute atomic E-state index is 12.8. The van der Waals surface area contributed by atoms with Crippen LogP contribution >= 0.6 is 0 Å². The fourth-order valence-electron chi connectivity index (χ4n) is 2.59. The molecule has 0 aliphatic heterocycles. The van der Waals surface area contributed by atoms with Gasteiger partial charge in [0.05, 0.1) is 11.5 Å². The fourth-order valence-corrected chi connectivity index (χ4v) is 3.92. The van der Waals surface area contributed by atoms with E-state index in [1.807, 2.05) is 19.9 Å². The highest BCUT2D eigenvalue weighted by Gasteiger charge is 2.18. The monoisotopic (exact) mass is 402 g/mol. The Morgan fingerprint density at radius 1 is 1.07 bits per heavy atom. The molecule has 0 radical (unpaired) electrons. The molecule has 0 aromatic heterocycles. The molecule has 2 aromatic carbocycles. The SMILES string of the molecule is CCC=C(C)C(=O)Nc1ccc(C)c(S(=O)(=O)Nc2ccc(OCC)cc2)c1. The number of anilines is 2. The molecule has 0 unspecified atom stereocenters. The number of carbonyl (C=O) groups excluding carboxylic acids is 1. The zero-order valence-corrected chi connectivity index (χ0v) is 17.4. The maximum Gasteiger partial charge on any atom is 0.262 e. The predicted molar refractivity (Wildman–Crippen MR) is 112 cm³/mol. The van der Waals surface area contributed by atoms with E-state index >= 15 is 0 Å². The average molecular weight is 403 g/mol. The molecule has 2 rings (SSSR count). The summed E-state index contributed by atoms with van der Waals surface area (Å²) >= 11 is 0. The Kier molecular flexibility index (Phi) is 7.23. The van der Waals surface area contributed by atoms with Crippen LogP contribution in [-0.4, -0.2) is 20.9 Å². The van der Waals surface area contributed by atoms with Crippen LogP contribution in [0.2, 0.25) is 0 Å². The molecule has 6 nitrogen and oxygen atoms in total. The van der Waals surface area contributed by atoms with Gasteiger partial charge < -0.3 is 10.1 Å². The highest BCUT2D eigenvalue weighted by atomic mass is 32.2. The number of allylic oxidation sites excluding steroid dienone is 1. The van der Waals surface area contributed by atoms with Crippen LogP contribution < -0.4 is 14.8 Å². The zero-order valence-electron chi connectivity index (χ0n) is 16.6. The minimum absolute atomic E-state index is 0.108. The molecule has 0 saturated heterocycles. The molecule has 0 atom stereocenters. The summed E-state index contributed by atoms with van der Waals surface area (Å²) in [5.41, 5.74) is 2.02. The first-order chi connectivity index (χ1) is 13.3. The van der Waals surface area contributed by atoms with Gasteiger partial charge in [-0.1, -0.05) is 19.1 Å². The standard InChI is InChI=1S/C21H26N2O4S/c1-5-7-16(4)21(24)22-18-9-8-15(3)20(14-18)28(25,26)23-17-10-12-19(13-11-17)27-6-2/h7-14,23H,5-6H2,1-4H3,(H,22,24). The van der Waals surface area contributed by atoms with Crippen LogP contribution in [0.1, 0.15) is 32.8 Å². The van der Waals surface area contributed by atoms with E-state index < -0.39 is 10.0 Å². The Morgan fingerprint density at radius 2 is 1.71 bits per heavy atom. The van der Waals surface area contributed by atoms with Gasteiger partial charge in [0.1, 0.15) is 5.75 Å². The normalized spacial score (nSPS) is 11.8. The van der Waals surface area contributed by atoms with Gasteiger partial charge in [0.25, 0.3) is 15.9 Å². The second-order valence-electron chi connectivity index (χ2n) is 6.29. The number of carbonyl (C=O) groups is 1. The molecule has 2 N–H and O–H groups in total. The van der Waals surface area contributed by atoms with E-state index in [1.54, 1.807) is 50.2 Å². The van der Waals surface area contributed by atoms with E-state index in [9.17, 15) is 13.2 Å². The van der Waals surface area contributed by atoms with Crippen LogP contribution in [0, 0.1) is 6.92 Å². The molecule has 28 heavy (non-hydrogen) atoms. The van der Waals surface area contributed by atoms with Crippen LogP contribution in [0.15, 0.2) is 59.0 Å². The van der Waals surface area contributed by atoms with Gasteiger partial charge in [0.2, 0.25) is 0 Å². The minimum Gasteiger partial charge on any atom is -0.494 e. The Hall–Kier alpha value is -2.80. The summed E-state index contributed by atoms with van der Waals surface area (Å²) in [4.78, 5) is 12.3. The summed E-state index contributed by atoms with van der Waals surface area (Å²) in [5, 5.41) is 2.74. The van der Waals surface area contributed by atoms with E-state index in [0.717, 1.165) is 6.42 Å². The number of hydrogen-bond acceptors (Lipinski definition) is 4. The Balaban J connectivity index is 2.24. The summed E-state index contributed by atoms with van der Waals surface area (Å²) in [5.74, 6) is 0.412. The lowest BCUT2D eigenvalue weighted by molar-refractivity contribution is -0.112. The second kappa shape index (κ2) is 9.41. The Morgan fingerprint density at radius 3 is 2.32 bits per heavy atom. The molecule has 0 bridgehead atoms. The number of sulfonamides is 1. The fraction of sp³-hybridized carbons (Fsp3) is 0.286. The highest BCUT2D eigenvalue weighted by molar-refractivity contribution is 7.92. The predicted octanol–water partition coefficient (Wildman–Crippen LogP) is 4.49. The van der Waals surface area contributed by atoms with Crippen molar-refractivity contribution in [2.75, 3.05) is 16.6 Å². The van der Waals surface area contributed by atoms with E-state index in [1.165, 1.54) is 6.07 Å². The number of benzene rings is 2. The quantitative estimate of drug-likeness (QED) is 0.637. The van der Waals surface area contributed by atoms with Crippen LogP contribution in [0.5, 0.6) is 5.75 Å². The lowest BCUT2D eigenvalue weighted by atomic mass is 10.2. The first-order valence-corrected chi connectivity index (χ1v) is 10.6. The van der Waals surface area contributed by atoms with E-state index in [2.05, 4.69) is 10.0 Å². The number of amides is 1. The van der Waals surface area contributed by atoms with Crippen LogP contribution in [0.25, 0.3) is 0 Å². The van der Waals surface area contributed by atoms with Crippen molar-refractivity contribution in [2.24, 2.45) is 0 Å². The topological polar surface area (TPSA) is 84.5 Å². The van der Waals surface area contributed by atoms with Gasteiger partial charge in [-0.25, -0.2) is 8.42 Å². The van der Waals surface area contributed by atoms with Crippen molar-refractivity contribution in [3.05, 3.63) is 59.7 Å². The minimum atomic E-state index is -3.81. The van der Waals surface area contributed by atoms with Crippen molar-refractivity contribution >= 4 is 27.3 Å². The molecule has 1 amide bonds. The van der Waals surface area contributed by atoms with Gasteiger partial charge in [0, 0.05) is 16.9 Å². The van der Waals surface area contributed by atoms with E-state index in [0.29, 0.717) is 34.9 Å². The summed E-state index contributed by atoms with van der Waals surface area (Å²) < 4.78 is 33.6. The van der Waals surface area contributed by atoms with Crippen molar-refractivity contribution in [3.63, 3.8) is 0 Å². The molecule has 0 heterocycles. The number of hydrogen-bond donors (Lipinski definition) is 2. The van der Waals surface area contributed by atoms with Crippen molar-refractivity contribution in [1.82, 2.24) is 0 Å². The third-order valence-electron chi connectivity index (χ3n) is 4.02. The number of aryl methyl sites for hydroxylation is 1. The summed E-state index contributed by atoms with van der Waals surface area (Å²) in [6, 6.07) is 11.5. The summed E-state index contributed by atoms with van der Waals surface area (Å²) in [6.45, 7) is 7.79. The van der Waals surface area contributed by atoms with E-state index in [-0.39, 0.29) is 10.8 Å². The molecular formula is C21H26N2O4S. The van der Waals surface area contributed by atoms with Gasteiger partial charge in [-0.15, -0.1) is 0 Å². The maximum atomic E-state index is 12.8. The lowest BCUT2D eigenvalue weighted by Crippen LogP contribution is -2.16. The zero-order chi connectivity index (χ0) is 20.7. The van der Waals surface area contributed by atoms with Crippen LogP contribution in [0.4, 0.5) is 11.4 Å². The number of rotatable bonds is 8. The van der Waals surface area contributed by atoms with Gasteiger partial charge in [-0.2, -0.15) is 0 Å². The number of nitrogens with one attached hydrogen (secondary N) is 2. The first-order valence-electron chi connectivity index (χ1n) is 9.11. The molecule has 0 fully saturated rings. The highest BCUT2D eigenvalue weighted by Crippen LogP contribution is 2.24. The molecule has 7 heteroatoms. The van der Waals surface area contributed by atoms with Crippen molar-refractivity contribution < 1.29 is 17.9 Å². The first kappa shape index (κ1) is 21.5. The van der Waals surface area contributed by atoms with Crippen LogP contribution in [-0.2, 0) is 14.8 Å². The summed E-state index contributed by atoms with van der Waals surface area (Å²) in [7, 11) is -3.81. The molecule has 150 valence electrons. The molecule has 0 aliphatic carbocycles. The molecule has 0 saturated carbocycles. The van der Waals surface area contributed by atoms with Gasteiger partial charge in [0.15, 0.2) is 0 Å². The molecule has 2 aromatic rings. The second-order valence-corrected chi connectivity index (χ2v) is 7.94. The van der Waals surface area contributed by atoms with Gasteiger partial charge in [-0.3, -0.25) is 9.52 Å². The third kappa shape index (κ3) is 5.60. The summed E-state index contributed by atoms with van der Waals surface area (Å²) in [6.07, 6.45) is 2.56.